The Morgan fingerprint density at radius 3 is 2.15 bits per heavy atom. The van der Waals surface area contributed by atoms with Gasteiger partial charge in [-0.05, 0) is 59.5 Å². The summed E-state index contributed by atoms with van der Waals surface area (Å²) < 4.78 is 0. The van der Waals surface area contributed by atoms with Crippen LogP contribution in [0.15, 0.2) is 60.9 Å². The first kappa shape index (κ1) is 37.6. The number of aromatic amines is 2. The van der Waals surface area contributed by atoms with Gasteiger partial charge in [-0.1, -0.05) is 38.1 Å². The number of aromatic nitrogens is 2. The summed E-state index contributed by atoms with van der Waals surface area (Å²) in [6, 6.07) is 10.8. The second-order valence-corrected chi connectivity index (χ2v) is 14.0. The van der Waals surface area contributed by atoms with Gasteiger partial charge in [0.1, 0.15) is 24.2 Å². The maximum absolute atomic E-state index is 14.2. The number of nitrogens with one attached hydrogen (secondary N) is 8. The highest BCUT2D eigenvalue weighted by Gasteiger charge is 2.38. The Bertz CT molecular complexity index is 2070. The van der Waals surface area contributed by atoms with Crippen molar-refractivity contribution in [1.82, 2.24) is 46.8 Å². The molecule has 284 valence electrons. The van der Waals surface area contributed by atoms with Gasteiger partial charge in [0.2, 0.25) is 41.4 Å². The minimum atomic E-state index is -1.14. The van der Waals surface area contributed by atoms with Crippen LogP contribution in [0.2, 0.25) is 0 Å². The number of para-hydroxylation sites is 1. The maximum Gasteiger partial charge on any atom is 0.246 e. The fourth-order valence-electron chi connectivity index (χ4n) is 7.00. The first-order chi connectivity index (χ1) is 26.0. The minimum absolute atomic E-state index is 0.0674. The molecule has 6 rings (SSSR count). The van der Waals surface area contributed by atoms with Crippen molar-refractivity contribution >= 4 is 63.2 Å². The summed E-state index contributed by atoms with van der Waals surface area (Å²) in [5.41, 5.74) is 3.23. The number of benzene rings is 2. The standard InChI is InChI=1S/C38H45N9O7/c1-21(2)34-37(53)43-19-31(48)44-28(15-22-9-10-26-23(14-22)11-12-39-26)35(51)41-18-32(49)45-29(16-24-17-40-27-7-4-3-6-25(24)27)38(54)47-13-5-8-30(47)36(52)42-20-33(50)46-34/h3-4,6-7,9-12,14,17,21,28-30,34,39-40H,5,8,13,15-16,18-20H2,1-2H3,(H,41,51)(H,42,52)(H,43,53)(H,44,48)(H,45,49)(H,46,50)/t28-,29+,30-,34-/m0/s1. The highest BCUT2D eigenvalue weighted by molar-refractivity contribution is 5.97. The van der Waals surface area contributed by atoms with Crippen molar-refractivity contribution in [3.63, 3.8) is 0 Å². The van der Waals surface area contributed by atoms with Crippen LogP contribution in [-0.2, 0) is 46.4 Å². The third-order valence-electron chi connectivity index (χ3n) is 9.82. The van der Waals surface area contributed by atoms with E-state index in [1.165, 1.54) is 4.90 Å². The molecule has 0 saturated carbocycles. The molecule has 0 bridgehead atoms. The zero-order valence-electron chi connectivity index (χ0n) is 30.1. The Hall–Kier alpha value is -6.19. The highest BCUT2D eigenvalue weighted by atomic mass is 16.2. The average Bonchev–Trinajstić information content (AvgIpc) is 3.93. The summed E-state index contributed by atoms with van der Waals surface area (Å²) in [6.07, 6.45) is 4.58. The number of hydrogen-bond acceptors (Lipinski definition) is 7. The zero-order chi connectivity index (χ0) is 38.4. The Labute approximate surface area is 310 Å². The molecule has 8 N–H and O–H groups in total. The van der Waals surface area contributed by atoms with Crippen LogP contribution in [0, 0.1) is 5.92 Å². The summed E-state index contributed by atoms with van der Waals surface area (Å²) in [6.45, 7) is 2.24. The Morgan fingerprint density at radius 2 is 1.39 bits per heavy atom. The van der Waals surface area contributed by atoms with Gasteiger partial charge in [0, 0.05) is 48.2 Å². The predicted octanol–water partition coefficient (Wildman–Crippen LogP) is -0.102. The fraction of sp³-hybridized carbons (Fsp3) is 0.395. The molecule has 0 spiro atoms. The molecule has 0 unspecified atom stereocenters. The first-order valence-electron chi connectivity index (χ1n) is 18.1. The molecule has 4 atom stereocenters. The molecule has 2 fully saturated rings. The number of carbonyl (C=O) groups excluding carboxylic acids is 7. The molecule has 2 aliphatic rings. The van der Waals surface area contributed by atoms with Crippen molar-refractivity contribution < 1.29 is 33.6 Å². The van der Waals surface area contributed by atoms with Crippen molar-refractivity contribution in [2.24, 2.45) is 5.92 Å². The molecular formula is C38H45N9O7. The largest absolute Gasteiger partial charge is 0.361 e. The van der Waals surface area contributed by atoms with Crippen molar-refractivity contribution in [1.29, 1.82) is 0 Å². The average molecular weight is 740 g/mol. The molecule has 16 nitrogen and oxygen atoms in total. The van der Waals surface area contributed by atoms with E-state index in [0.717, 1.165) is 32.9 Å². The molecule has 2 aromatic heterocycles. The number of carbonyl (C=O) groups is 7. The van der Waals surface area contributed by atoms with Crippen molar-refractivity contribution in [3.8, 4) is 0 Å². The van der Waals surface area contributed by atoms with E-state index in [1.54, 1.807) is 26.2 Å². The molecule has 54 heavy (non-hydrogen) atoms. The Kier molecular flexibility index (Phi) is 11.6. The van der Waals surface area contributed by atoms with Crippen LogP contribution in [0.25, 0.3) is 21.8 Å². The number of rotatable bonds is 5. The van der Waals surface area contributed by atoms with Crippen LogP contribution in [0.4, 0.5) is 0 Å². The Balaban J connectivity index is 1.27. The van der Waals surface area contributed by atoms with Gasteiger partial charge >= 0.3 is 0 Å². The van der Waals surface area contributed by atoms with Crippen LogP contribution < -0.4 is 31.9 Å². The van der Waals surface area contributed by atoms with E-state index >= 15 is 0 Å². The van der Waals surface area contributed by atoms with E-state index in [4.69, 9.17) is 0 Å². The number of nitrogens with zero attached hydrogens (tertiary/aromatic N) is 1. The normalized spacial score (nSPS) is 22.9. The quantitative estimate of drug-likeness (QED) is 0.139. The summed E-state index contributed by atoms with van der Waals surface area (Å²) in [5.74, 6) is -4.67. The van der Waals surface area contributed by atoms with E-state index in [-0.39, 0.29) is 25.3 Å². The van der Waals surface area contributed by atoms with Gasteiger partial charge in [0.05, 0.1) is 19.6 Å². The lowest BCUT2D eigenvalue weighted by molar-refractivity contribution is -0.141. The van der Waals surface area contributed by atoms with Crippen LogP contribution in [0.5, 0.6) is 0 Å². The molecule has 2 aliphatic heterocycles. The lowest BCUT2D eigenvalue weighted by Crippen LogP contribution is -2.56. The van der Waals surface area contributed by atoms with Crippen LogP contribution in [0.3, 0.4) is 0 Å². The Morgan fingerprint density at radius 1 is 0.704 bits per heavy atom. The third kappa shape index (κ3) is 8.87. The van der Waals surface area contributed by atoms with E-state index in [0.29, 0.717) is 12.8 Å². The molecule has 7 amide bonds. The van der Waals surface area contributed by atoms with E-state index < -0.39 is 85.2 Å². The second-order valence-electron chi connectivity index (χ2n) is 14.0. The van der Waals surface area contributed by atoms with Crippen LogP contribution in [-0.4, -0.2) is 107 Å². The molecule has 16 heteroatoms. The number of H-pyrrole nitrogens is 2. The summed E-state index contributed by atoms with van der Waals surface area (Å²) in [4.78, 5) is 102. The lowest BCUT2D eigenvalue weighted by Gasteiger charge is -2.29. The summed E-state index contributed by atoms with van der Waals surface area (Å²) >= 11 is 0. The summed E-state index contributed by atoms with van der Waals surface area (Å²) in [5, 5.41) is 17.5. The molecule has 4 aromatic rings. The molecule has 2 saturated heterocycles. The van der Waals surface area contributed by atoms with E-state index in [1.807, 2.05) is 48.5 Å². The van der Waals surface area contributed by atoms with Gasteiger partial charge in [0.25, 0.3) is 0 Å². The SMILES string of the molecule is CC(C)[C@@H]1NC(=O)CNC(=O)[C@@H]2CCCN2C(=O)[C@@H](Cc2c[nH]c3ccccc23)NC(=O)CNC(=O)[C@H](Cc2ccc3[nH]ccc3c2)NC(=O)CNC1=O. The highest BCUT2D eigenvalue weighted by Crippen LogP contribution is 2.23. The van der Waals surface area contributed by atoms with Crippen LogP contribution >= 0.6 is 0 Å². The number of hydrogen-bond donors (Lipinski definition) is 8. The maximum atomic E-state index is 14.2. The predicted molar refractivity (Wildman–Crippen MR) is 198 cm³/mol. The van der Waals surface area contributed by atoms with Gasteiger partial charge in [-0.3, -0.25) is 33.6 Å². The smallest absolute Gasteiger partial charge is 0.246 e. The second kappa shape index (κ2) is 16.7. The molecular weight excluding hydrogens is 694 g/mol. The van der Waals surface area contributed by atoms with Gasteiger partial charge < -0.3 is 46.8 Å². The molecule has 0 aliphatic carbocycles. The van der Waals surface area contributed by atoms with Crippen LogP contribution in [0.1, 0.15) is 37.8 Å². The van der Waals surface area contributed by atoms with Crippen molar-refractivity contribution in [2.45, 2.75) is 63.7 Å². The van der Waals surface area contributed by atoms with Gasteiger partial charge in [-0.2, -0.15) is 0 Å². The van der Waals surface area contributed by atoms with Crippen molar-refractivity contribution in [2.75, 3.05) is 26.2 Å². The topological polar surface area (TPSA) is 226 Å². The summed E-state index contributed by atoms with van der Waals surface area (Å²) in [7, 11) is 0. The first-order valence-corrected chi connectivity index (χ1v) is 18.1. The zero-order valence-corrected chi connectivity index (χ0v) is 30.1. The van der Waals surface area contributed by atoms with Gasteiger partial charge in [-0.25, -0.2) is 0 Å². The molecule has 4 heterocycles. The number of fused-ring (bicyclic) bond motifs is 3. The lowest BCUT2D eigenvalue weighted by atomic mass is 10.0. The number of amides is 7. The van der Waals surface area contributed by atoms with Gasteiger partial charge in [0.15, 0.2) is 0 Å². The fourth-order valence-corrected chi connectivity index (χ4v) is 7.00. The minimum Gasteiger partial charge on any atom is -0.361 e. The van der Waals surface area contributed by atoms with Crippen molar-refractivity contribution in [3.05, 3.63) is 72.1 Å². The molecule has 0 radical (unpaired) electrons. The van der Waals surface area contributed by atoms with E-state index in [2.05, 4.69) is 41.9 Å². The van der Waals surface area contributed by atoms with Gasteiger partial charge in [-0.15, -0.1) is 0 Å². The monoisotopic (exact) mass is 739 g/mol. The van der Waals surface area contributed by atoms with E-state index in [9.17, 15) is 33.6 Å². The third-order valence-corrected chi connectivity index (χ3v) is 9.82. The molecule has 2 aromatic carbocycles.